The number of hydrogen-bond acceptors (Lipinski definition) is 7. The number of thiocarbonyl (C=S) groups is 1. The fraction of sp³-hybridized carbons (Fsp3) is 0.0833. The van der Waals surface area contributed by atoms with Crippen LogP contribution in [-0.2, 0) is 9.59 Å². The number of nitrogens with zero attached hydrogens (tertiary/aromatic N) is 2. The summed E-state index contributed by atoms with van der Waals surface area (Å²) in [5, 5.41) is 21.5. The minimum absolute atomic E-state index is 0.0463. The molecule has 120 valence electrons. The van der Waals surface area contributed by atoms with E-state index >= 15 is 0 Å². The van der Waals surface area contributed by atoms with E-state index in [-0.39, 0.29) is 30.5 Å². The van der Waals surface area contributed by atoms with Crippen LogP contribution < -0.4 is 5.11 Å². The molecule has 23 heavy (non-hydrogen) atoms. The highest BCUT2D eigenvalue weighted by Gasteiger charge is 2.32. The lowest BCUT2D eigenvalue weighted by Gasteiger charge is -2.14. The zero-order valence-electron chi connectivity index (χ0n) is 10.9. The van der Waals surface area contributed by atoms with Crippen LogP contribution in [-0.4, -0.2) is 32.6 Å². The van der Waals surface area contributed by atoms with Gasteiger partial charge < -0.3 is 9.90 Å². The van der Waals surface area contributed by atoms with Gasteiger partial charge in [0.15, 0.2) is 0 Å². The van der Waals surface area contributed by atoms with E-state index in [2.05, 4.69) is 0 Å². The van der Waals surface area contributed by atoms with Crippen molar-refractivity contribution in [1.29, 1.82) is 0 Å². The number of amides is 1. The van der Waals surface area contributed by atoms with Gasteiger partial charge in [-0.3, -0.25) is 19.8 Å². The third-order valence-corrected chi connectivity index (χ3v) is 4.72. The number of carbonyl (C=O) groups is 2. The fourth-order valence-electron chi connectivity index (χ4n) is 1.71. The van der Waals surface area contributed by atoms with Crippen LogP contribution in [0.15, 0.2) is 17.0 Å². The van der Waals surface area contributed by atoms with Gasteiger partial charge in [-0.25, -0.2) is 0 Å². The zero-order valence-corrected chi connectivity index (χ0v) is 14.1. The van der Waals surface area contributed by atoms with Gasteiger partial charge in [-0.2, -0.15) is 0 Å². The van der Waals surface area contributed by atoms with E-state index < -0.39 is 23.3 Å². The fourth-order valence-corrected chi connectivity index (χ4v) is 3.46. The largest absolute Gasteiger partial charge is 0.548 e. The van der Waals surface area contributed by atoms with Gasteiger partial charge in [0.25, 0.3) is 11.6 Å². The number of benzene rings is 1. The molecule has 1 heterocycles. The molecule has 7 nitrogen and oxygen atoms in total. The average molecular weight is 392 g/mol. The molecule has 0 radical (unpaired) electrons. The number of aliphatic carboxylic acids is 1. The first-order valence-corrected chi connectivity index (χ1v) is 7.77. The maximum atomic E-state index is 12.1. The number of carboxylic acids is 1. The Morgan fingerprint density at radius 3 is 2.61 bits per heavy atom. The molecule has 1 fully saturated rings. The first kappa shape index (κ1) is 17.7. The summed E-state index contributed by atoms with van der Waals surface area (Å²) >= 11 is 17.5. The van der Waals surface area contributed by atoms with Gasteiger partial charge in [-0.05, 0) is 12.1 Å². The zero-order chi connectivity index (χ0) is 17.3. The molecule has 11 heteroatoms. The standard InChI is InChI=1S/C12H6Cl2N2O5S2/c13-6-3-7(14)8(16(20)21)1-5(6)2-9-11(19)15(4-10(17)18)12(22)23-9/h1-3H,4H2,(H,17,18)/p-1/b9-2+. The molecular weight excluding hydrogens is 387 g/mol. The number of halogens is 2. The summed E-state index contributed by atoms with van der Waals surface area (Å²) in [7, 11) is 0. The molecule has 0 aromatic heterocycles. The number of rotatable bonds is 4. The molecule has 0 aliphatic carbocycles. The second kappa shape index (κ2) is 6.83. The Morgan fingerprint density at radius 1 is 1.39 bits per heavy atom. The maximum Gasteiger partial charge on any atom is 0.288 e. The Labute approximate surface area is 149 Å². The lowest BCUT2D eigenvalue weighted by molar-refractivity contribution is -0.384. The van der Waals surface area contributed by atoms with Crippen molar-refractivity contribution in [3.63, 3.8) is 0 Å². The van der Waals surface area contributed by atoms with Crippen LogP contribution in [0, 0.1) is 10.1 Å². The summed E-state index contributed by atoms with van der Waals surface area (Å²) in [5.41, 5.74) is -0.177. The van der Waals surface area contributed by atoms with Crippen LogP contribution in [0.4, 0.5) is 5.69 Å². The lowest BCUT2D eigenvalue weighted by Crippen LogP contribution is -2.40. The molecule has 0 unspecified atom stereocenters. The molecule has 1 aromatic carbocycles. The minimum atomic E-state index is -1.46. The summed E-state index contributed by atoms with van der Waals surface area (Å²) in [6.07, 6.45) is 1.29. The molecule has 1 amide bonds. The molecule has 0 atom stereocenters. The van der Waals surface area contributed by atoms with Crippen LogP contribution >= 0.6 is 47.2 Å². The van der Waals surface area contributed by atoms with Crippen LogP contribution in [0.2, 0.25) is 10.0 Å². The summed E-state index contributed by atoms with van der Waals surface area (Å²) < 4.78 is 0.0463. The second-order valence-electron chi connectivity index (χ2n) is 4.22. The topological polar surface area (TPSA) is 104 Å². The normalized spacial score (nSPS) is 16.3. The van der Waals surface area contributed by atoms with E-state index in [4.69, 9.17) is 35.4 Å². The molecule has 1 saturated heterocycles. The monoisotopic (exact) mass is 391 g/mol. The first-order chi connectivity index (χ1) is 10.7. The molecule has 1 aliphatic heterocycles. The van der Waals surface area contributed by atoms with E-state index in [9.17, 15) is 24.8 Å². The predicted octanol–water partition coefficient (Wildman–Crippen LogP) is 1.85. The van der Waals surface area contributed by atoms with Crippen LogP contribution in [0.25, 0.3) is 6.08 Å². The molecule has 0 spiro atoms. The van der Waals surface area contributed by atoms with Crippen molar-refractivity contribution >= 4 is 75.1 Å². The molecule has 2 rings (SSSR count). The van der Waals surface area contributed by atoms with Crippen molar-refractivity contribution in [2.75, 3.05) is 6.54 Å². The highest BCUT2D eigenvalue weighted by Crippen LogP contribution is 2.36. The Hall–Kier alpha value is -1.68. The summed E-state index contributed by atoms with van der Waals surface area (Å²) in [4.78, 5) is 33.9. The molecule has 0 saturated carbocycles. The van der Waals surface area contributed by atoms with Gasteiger partial charge in [0.2, 0.25) is 0 Å². The van der Waals surface area contributed by atoms with Crippen molar-refractivity contribution in [3.8, 4) is 0 Å². The third-order valence-electron chi connectivity index (χ3n) is 2.71. The molecular formula is C12H5Cl2N2O5S2-. The number of nitro groups is 1. The molecule has 1 aromatic rings. The highest BCUT2D eigenvalue weighted by atomic mass is 35.5. The minimum Gasteiger partial charge on any atom is -0.548 e. The number of carboxylic acid groups (broad SMARTS) is 1. The van der Waals surface area contributed by atoms with Gasteiger partial charge in [0, 0.05) is 16.7 Å². The highest BCUT2D eigenvalue weighted by molar-refractivity contribution is 8.26. The number of nitro benzene ring substituents is 1. The Balaban J connectivity index is 2.41. The summed E-state index contributed by atoms with van der Waals surface area (Å²) in [6, 6.07) is 2.31. The van der Waals surface area contributed by atoms with E-state index in [0.29, 0.717) is 0 Å². The van der Waals surface area contributed by atoms with E-state index in [1.165, 1.54) is 12.1 Å². The molecule has 1 aliphatic rings. The smallest absolute Gasteiger partial charge is 0.288 e. The SMILES string of the molecule is O=C([O-])CN1C(=O)/C(=C\c2cc([N+](=O)[O-])c(Cl)cc2Cl)SC1=S. The van der Waals surface area contributed by atoms with E-state index in [1.54, 1.807) is 0 Å². The van der Waals surface area contributed by atoms with Crippen LogP contribution in [0.5, 0.6) is 0 Å². The van der Waals surface area contributed by atoms with E-state index in [0.717, 1.165) is 22.7 Å². The predicted molar refractivity (Wildman–Crippen MR) is 88.0 cm³/mol. The van der Waals surface area contributed by atoms with Gasteiger partial charge in [0.1, 0.15) is 9.34 Å². The summed E-state index contributed by atoms with van der Waals surface area (Å²) in [5.74, 6) is -2.10. The molecule has 0 bridgehead atoms. The summed E-state index contributed by atoms with van der Waals surface area (Å²) in [6.45, 7) is -0.670. The lowest BCUT2D eigenvalue weighted by atomic mass is 10.2. The Morgan fingerprint density at radius 2 is 2.04 bits per heavy atom. The average Bonchev–Trinajstić information content (AvgIpc) is 2.68. The quantitative estimate of drug-likeness (QED) is 0.333. The van der Waals surface area contributed by atoms with Crippen molar-refractivity contribution in [1.82, 2.24) is 4.90 Å². The van der Waals surface area contributed by atoms with Crippen molar-refractivity contribution in [3.05, 3.63) is 42.8 Å². The Kier molecular flexibility index (Phi) is 5.25. The van der Waals surface area contributed by atoms with E-state index in [1.807, 2.05) is 0 Å². The number of thioether (sulfide) groups is 1. The second-order valence-corrected chi connectivity index (χ2v) is 6.71. The van der Waals surface area contributed by atoms with Crippen molar-refractivity contribution in [2.45, 2.75) is 0 Å². The van der Waals surface area contributed by atoms with Gasteiger partial charge >= 0.3 is 0 Å². The van der Waals surface area contributed by atoms with Crippen LogP contribution in [0.3, 0.4) is 0 Å². The molecule has 0 N–H and O–H groups in total. The van der Waals surface area contributed by atoms with Gasteiger partial charge in [-0.1, -0.05) is 47.2 Å². The van der Waals surface area contributed by atoms with Gasteiger partial charge in [0.05, 0.1) is 22.3 Å². The number of hydrogen-bond donors (Lipinski definition) is 0. The van der Waals surface area contributed by atoms with Crippen molar-refractivity contribution < 1.29 is 19.6 Å². The number of carbonyl (C=O) groups excluding carboxylic acids is 2. The van der Waals surface area contributed by atoms with Crippen molar-refractivity contribution in [2.24, 2.45) is 0 Å². The maximum absolute atomic E-state index is 12.1. The first-order valence-electron chi connectivity index (χ1n) is 5.79. The Bertz CT molecular complexity index is 781. The van der Waals surface area contributed by atoms with Crippen LogP contribution in [0.1, 0.15) is 5.56 Å². The van der Waals surface area contributed by atoms with Gasteiger partial charge in [-0.15, -0.1) is 0 Å². The third kappa shape index (κ3) is 3.81.